The van der Waals surface area contributed by atoms with Crippen LogP contribution in [0.3, 0.4) is 0 Å². The number of nitrogens with one attached hydrogen (secondary N) is 4. The van der Waals surface area contributed by atoms with Gasteiger partial charge in [0.1, 0.15) is 17.7 Å². The van der Waals surface area contributed by atoms with Crippen LogP contribution in [0.15, 0.2) is 30.3 Å². The summed E-state index contributed by atoms with van der Waals surface area (Å²) in [6, 6.07) is 5.11. The molecule has 1 aliphatic rings. The number of alkyl halides is 2. The molecule has 1 aromatic carbocycles. The third-order valence-electron chi connectivity index (χ3n) is 7.93. The summed E-state index contributed by atoms with van der Waals surface area (Å²) in [5.74, 6) is -8.05. The van der Waals surface area contributed by atoms with Gasteiger partial charge in [-0.1, -0.05) is 90.1 Å². The lowest BCUT2D eigenvalue weighted by molar-refractivity contribution is -0.148. The number of Topliss-reactive ketones (excluding diaryl/α,β-unsaturated/α-hetero) is 1. The highest BCUT2D eigenvalue weighted by molar-refractivity contribution is 5.97. The van der Waals surface area contributed by atoms with Crippen molar-refractivity contribution in [3.8, 4) is 0 Å². The number of carbonyl (C=O) groups excluding carboxylic acids is 5. The van der Waals surface area contributed by atoms with Crippen molar-refractivity contribution in [1.82, 2.24) is 21.3 Å². The molecule has 0 aromatic heterocycles. The van der Waals surface area contributed by atoms with E-state index in [1.165, 1.54) is 0 Å². The number of halogens is 2. The van der Waals surface area contributed by atoms with Crippen LogP contribution in [0.2, 0.25) is 0 Å². The molecular weight excluding hydrogens is 610 g/mol. The Morgan fingerprint density at radius 1 is 0.851 bits per heavy atom. The summed E-state index contributed by atoms with van der Waals surface area (Å²) in [5.41, 5.74) is -0.0766. The Balaban J connectivity index is 2.27. The van der Waals surface area contributed by atoms with Crippen molar-refractivity contribution < 1.29 is 37.5 Å². The molecule has 2 rings (SSSR count). The van der Waals surface area contributed by atoms with Crippen LogP contribution in [0, 0.1) is 17.8 Å². The second-order valence-electron chi connectivity index (χ2n) is 14.4. The predicted molar refractivity (Wildman–Crippen MR) is 176 cm³/mol. The van der Waals surface area contributed by atoms with E-state index >= 15 is 8.78 Å². The fourth-order valence-electron chi connectivity index (χ4n) is 5.54. The molecule has 0 bridgehead atoms. The van der Waals surface area contributed by atoms with Crippen molar-refractivity contribution in [2.45, 2.75) is 129 Å². The minimum Gasteiger partial charge on any atom is -0.444 e. The van der Waals surface area contributed by atoms with Crippen molar-refractivity contribution >= 4 is 29.6 Å². The average Bonchev–Trinajstić information content (AvgIpc) is 2.97. The van der Waals surface area contributed by atoms with E-state index in [9.17, 15) is 24.0 Å². The van der Waals surface area contributed by atoms with E-state index in [-0.39, 0.29) is 31.1 Å². The average molecular weight is 665 g/mol. The molecule has 12 heteroatoms. The lowest BCUT2D eigenvalue weighted by Crippen LogP contribution is -2.59. The Hall–Kier alpha value is -3.57. The van der Waals surface area contributed by atoms with E-state index in [4.69, 9.17) is 4.74 Å². The minimum absolute atomic E-state index is 0.0235. The summed E-state index contributed by atoms with van der Waals surface area (Å²) >= 11 is 0. The minimum atomic E-state index is -3.92. The molecule has 1 saturated carbocycles. The zero-order valence-corrected chi connectivity index (χ0v) is 28.9. The highest BCUT2D eigenvalue weighted by atomic mass is 19.3. The second kappa shape index (κ2) is 18.1. The Kier molecular flexibility index (Phi) is 15.3. The van der Waals surface area contributed by atoms with Crippen LogP contribution in [0.5, 0.6) is 0 Å². The molecular formula is C35H54F2N4O6. The Morgan fingerprint density at radius 3 is 2.02 bits per heavy atom. The summed E-state index contributed by atoms with van der Waals surface area (Å²) in [4.78, 5) is 65.3. The van der Waals surface area contributed by atoms with Crippen LogP contribution >= 0.6 is 0 Å². The SMILES string of the molecule is CC(C)CC(=O)NCC(F)(F)C(=O)C(CC1CCCCC1)NC(=O)[C@@H](NC(=O)[C@H](Cc1ccccc1)NC(=O)OC(C)(C)C)C(C)C. The lowest BCUT2D eigenvalue weighted by atomic mass is 9.83. The number of rotatable bonds is 16. The van der Waals surface area contributed by atoms with Crippen LogP contribution in [-0.2, 0) is 30.3 Å². The van der Waals surface area contributed by atoms with Gasteiger partial charge in [-0.25, -0.2) is 4.79 Å². The van der Waals surface area contributed by atoms with E-state index in [0.29, 0.717) is 0 Å². The molecule has 1 unspecified atom stereocenters. The maximum absolute atomic E-state index is 15.3. The van der Waals surface area contributed by atoms with Crippen molar-refractivity contribution in [3.63, 3.8) is 0 Å². The Bertz CT molecular complexity index is 1200. The quantitative estimate of drug-likeness (QED) is 0.194. The zero-order valence-electron chi connectivity index (χ0n) is 28.9. The topological polar surface area (TPSA) is 143 Å². The third-order valence-corrected chi connectivity index (χ3v) is 7.93. The fraction of sp³-hybridized carbons (Fsp3) is 0.686. The first-order valence-corrected chi connectivity index (χ1v) is 16.7. The molecule has 4 N–H and O–H groups in total. The van der Waals surface area contributed by atoms with Gasteiger partial charge in [0, 0.05) is 12.8 Å². The maximum atomic E-state index is 15.3. The lowest BCUT2D eigenvalue weighted by Gasteiger charge is -2.31. The van der Waals surface area contributed by atoms with Crippen molar-refractivity contribution in [2.24, 2.45) is 17.8 Å². The van der Waals surface area contributed by atoms with Crippen LogP contribution in [0.25, 0.3) is 0 Å². The monoisotopic (exact) mass is 664 g/mol. The van der Waals surface area contributed by atoms with E-state index in [2.05, 4.69) is 21.3 Å². The summed E-state index contributed by atoms with van der Waals surface area (Å²) in [6.07, 6.45) is 3.65. The molecule has 0 heterocycles. The molecule has 3 atom stereocenters. The third kappa shape index (κ3) is 14.4. The molecule has 10 nitrogen and oxygen atoms in total. The van der Waals surface area contributed by atoms with Gasteiger partial charge in [0.05, 0.1) is 12.6 Å². The zero-order chi connectivity index (χ0) is 35.4. The number of hydrogen-bond donors (Lipinski definition) is 4. The van der Waals surface area contributed by atoms with E-state index < -0.39 is 71.7 Å². The second-order valence-corrected chi connectivity index (χ2v) is 14.4. The van der Waals surface area contributed by atoms with Gasteiger partial charge in [0.2, 0.25) is 23.5 Å². The first kappa shape index (κ1) is 39.6. The van der Waals surface area contributed by atoms with Crippen LogP contribution in [0.4, 0.5) is 13.6 Å². The summed E-state index contributed by atoms with van der Waals surface area (Å²) in [6.45, 7) is 10.8. The van der Waals surface area contributed by atoms with Gasteiger partial charge in [-0.3, -0.25) is 19.2 Å². The number of ether oxygens (including phenoxy) is 1. The van der Waals surface area contributed by atoms with Crippen LogP contribution < -0.4 is 21.3 Å². The molecule has 0 aliphatic heterocycles. The van der Waals surface area contributed by atoms with Crippen molar-refractivity contribution in [3.05, 3.63) is 35.9 Å². The normalized spacial score (nSPS) is 16.1. The molecule has 1 aliphatic carbocycles. The van der Waals surface area contributed by atoms with Crippen LogP contribution in [0.1, 0.15) is 99.0 Å². The summed E-state index contributed by atoms with van der Waals surface area (Å²) in [7, 11) is 0. The van der Waals surface area contributed by atoms with Gasteiger partial charge in [0.15, 0.2) is 0 Å². The van der Waals surface area contributed by atoms with E-state index in [0.717, 1.165) is 37.7 Å². The number of benzene rings is 1. The molecule has 0 spiro atoms. The van der Waals surface area contributed by atoms with E-state index in [1.807, 2.05) is 6.07 Å². The predicted octanol–water partition coefficient (Wildman–Crippen LogP) is 5.09. The number of carbonyl (C=O) groups is 5. The smallest absolute Gasteiger partial charge is 0.408 e. The van der Waals surface area contributed by atoms with Gasteiger partial charge >= 0.3 is 12.0 Å². The van der Waals surface area contributed by atoms with E-state index in [1.54, 1.807) is 72.7 Å². The highest BCUT2D eigenvalue weighted by Gasteiger charge is 2.45. The first-order chi connectivity index (χ1) is 21.9. The molecule has 4 amide bonds. The molecule has 264 valence electrons. The number of alkyl carbamates (subject to hydrolysis) is 1. The van der Waals surface area contributed by atoms with Gasteiger partial charge in [-0.2, -0.15) is 8.78 Å². The Morgan fingerprint density at radius 2 is 1.47 bits per heavy atom. The number of amides is 4. The van der Waals surface area contributed by atoms with Gasteiger partial charge in [-0.15, -0.1) is 0 Å². The summed E-state index contributed by atoms with van der Waals surface area (Å²) in [5, 5.41) is 9.93. The largest absolute Gasteiger partial charge is 0.444 e. The molecule has 47 heavy (non-hydrogen) atoms. The number of ketones is 1. The maximum Gasteiger partial charge on any atom is 0.408 e. The fourth-order valence-corrected chi connectivity index (χ4v) is 5.54. The van der Waals surface area contributed by atoms with Gasteiger partial charge in [0.25, 0.3) is 0 Å². The van der Waals surface area contributed by atoms with Crippen molar-refractivity contribution in [2.75, 3.05) is 6.54 Å². The van der Waals surface area contributed by atoms with Crippen LogP contribution in [-0.4, -0.2) is 65.8 Å². The highest BCUT2D eigenvalue weighted by Crippen LogP contribution is 2.29. The van der Waals surface area contributed by atoms with Gasteiger partial charge in [-0.05, 0) is 50.5 Å². The molecule has 0 saturated heterocycles. The van der Waals surface area contributed by atoms with Crippen molar-refractivity contribution in [1.29, 1.82) is 0 Å². The number of hydrogen-bond acceptors (Lipinski definition) is 6. The Labute approximate surface area is 277 Å². The molecule has 1 aromatic rings. The standard InChI is InChI=1S/C35H54F2N4O6/c1-22(2)18-28(42)38-21-35(36,37)30(43)26(19-24-14-10-8-11-15-24)39-32(45)29(23(3)4)41-31(44)27(20-25-16-12-9-13-17-25)40-33(46)47-34(5,6)7/h9,12-13,16-17,22-24,26-27,29H,8,10-11,14-15,18-21H2,1-7H3,(H,38,42)(H,39,45)(H,40,46)(H,41,44)/t26?,27-,29-/m0/s1. The molecule has 0 radical (unpaired) electrons. The first-order valence-electron chi connectivity index (χ1n) is 16.7. The molecule has 1 fully saturated rings. The summed E-state index contributed by atoms with van der Waals surface area (Å²) < 4.78 is 35.9. The van der Waals surface area contributed by atoms with Gasteiger partial charge < -0.3 is 26.0 Å².